The van der Waals surface area contributed by atoms with Gasteiger partial charge >= 0.3 is 0 Å². The van der Waals surface area contributed by atoms with E-state index in [2.05, 4.69) is 69.6 Å². The molecule has 0 amide bonds. The zero-order chi connectivity index (χ0) is 21.4. The lowest BCUT2D eigenvalue weighted by Crippen LogP contribution is -2.28. The molecule has 2 fully saturated rings. The summed E-state index contributed by atoms with van der Waals surface area (Å²) in [5, 5.41) is 10.6. The van der Waals surface area contributed by atoms with Crippen molar-refractivity contribution in [2.75, 3.05) is 13.1 Å². The van der Waals surface area contributed by atoms with Crippen LogP contribution in [-0.4, -0.2) is 28.0 Å². The van der Waals surface area contributed by atoms with Gasteiger partial charge in [-0.25, -0.2) is 9.97 Å². The number of benzene rings is 1. The van der Waals surface area contributed by atoms with Crippen LogP contribution < -0.4 is 10.6 Å². The number of hydrogen-bond donors (Lipinski definition) is 3. The fraction of sp³-hybridized carbons (Fsp3) is 0.385. The number of thiazole rings is 1. The summed E-state index contributed by atoms with van der Waals surface area (Å²) in [5.74, 6) is 1.05. The lowest BCUT2D eigenvalue weighted by atomic mass is 9.74. The van der Waals surface area contributed by atoms with E-state index in [9.17, 15) is 0 Å². The van der Waals surface area contributed by atoms with Crippen molar-refractivity contribution in [3.8, 4) is 0 Å². The number of imidazole rings is 1. The zero-order valence-corrected chi connectivity index (χ0v) is 19.0. The molecule has 0 radical (unpaired) electrons. The second kappa shape index (κ2) is 8.43. The lowest BCUT2D eigenvalue weighted by molar-refractivity contribution is 0.581. The van der Waals surface area contributed by atoms with Gasteiger partial charge in [0.1, 0.15) is 10.8 Å². The first kappa shape index (κ1) is 20.1. The molecule has 5 nitrogen and oxygen atoms in total. The van der Waals surface area contributed by atoms with Crippen LogP contribution in [0.5, 0.6) is 0 Å². The molecule has 3 aliphatic rings. The summed E-state index contributed by atoms with van der Waals surface area (Å²) in [6, 6.07) is 11.3. The summed E-state index contributed by atoms with van der Waals surface area (Å²) in [4.78, 5) is 13.7. The van der Waals surface area contributed by atoms with E-state index in [1.54, 1.807) is 11.3 Å². The molecule has 0 saturated carbocycles. The minimum Gasteiger partial charge on any atom is -0.343 e. The molecule has 1 aromatic carbocycles. The Labute approximate surface area is 193 Å². The number of aromatic amines is 1. The highest BCUT2D eigenvalue weighted by molar-refractivity contribution is 7.09. The predicted octanol–water partition coefficient (Wildman–Crippen LogP) is 5.04. The van der Waals surface area contributed by atoms with Gasteiger partial charge in [-0.1, -0.05) is 48.6 Å². The second-order valence-corrected chi connectivity index (χ2v) is 9.97. The standard InChI is InChI=1S/C26H29N5S/c1-2-6-18(7-3-1)19-10-12-26(13-11-19,22-16-29-24(30-22)20-8-4-14-27-20)23-17-32-25(31-23)21-9-5-15-28-21/h1-3,6-7,10-12,16-17,20-21,27-28H,4-5,8-9,13-15H2,(H,29,30)/t20-,21-,26?/m0/s1. The highest BCUT2D eigenvalue weighted by atomic mass is 32.1. The summed E-state index contributed by atoms with van der Waals surface area (Å²) >= 11 is 1.79. The molecule has 2 aliphatic heterocycles. The molecule has 0 spiro atoms. The number of H-pyrrole nitrogens is 1. The van der Waals surface area contributed by atoms with Gasteiger partial charge in [0.05, 0.1) is 28.9 Å². The molecular formula is C26H29N5S. The van der Waals surface area contributed by atoms with E-state index in [0.29, 0.717) is 12.1 Å². The molecular weight excluding hydrogens is 414 g/mol. The summed E-state index contributed by atoms with van der Waals surface area (Å²) < 4.78 is 0. The highest BCUT2D eigenvalue weighted by Crippen LogP contribution is 2.43. The quantitative estimate of drug-likeness (QED) is 0.517. The van der Waals surface area contributed by atoms with Crippen LogP contribution in [0.1, 0.15) is 72.0 Å². The van der Waals surface area contributed by atoms with Gasteiger partial charge in [-0.2, -0.15) is 0 Å². The molecule has 2 aromatic heterocycles. The Balaban J connectivity index is 1.37. The normalized spacial score (nSPS) is 27.7. The van der Waals surface area contributed by atoms with Crippen LogP contribution in [-0.2, 0) is 5.41 Å². The van der Waals surface area contributed by atoms with Crippen LogP contribution in [0.25, 0.3) is 5.57 Å². The maximum absolute atomic E-state index is 5.18. The topological polar surface area (TPSA) is 65.6 Å². The molecule has 1 unspecified atom stereocenters. The maximum atomic E-state index is 5.18. The van der Waals surface area contributed by atoms with Crippen molar-refractivity contribution in [2.24, 2.45) is 0 Å². The molecule has 1 aliphatic carbocycles. The number of nitrogens with one attached hydrogen (secondary N) is 3. The monoisotopic (exact) mass is 443 g/mol. The van der Waals surface area contributed by atoms with Crippen LogP contribution in [0, 0.1) is 0 Å². The summed E-state index contributed by atoms with van der Waals surface area (Å²) in [6.45, 7) is 2.16. The molecule has 32 heavy (non-hydrogen) atoms. The Kier molecular flexibility index (Phi) is 5.29. The van der Waals surface area contributed by atoms with E-state index in [-0.39, 0.29) is 5.41 Å². The van der Waals surface area contributed by atoms with Gasteiger partial charge in [0.2, 0.25) is 0 Å². The van der Waals surface area contributed by atoms with E-state index in [1.807, 2.05) is 6.20 Å². The lowest BCUT2D eigenvalue weighted by Gasteiger charge is -2.30. The fourth-order valence-electron chi connectivity index (χ4n) is 5.22. The summed E-state index contributed by atoms with van der Waals surface area (Å²) in [5.41, 5.74) is 4.48. The maximum Gasteiger partial charge on any atom is 0.123 e. The van der Waals surface area contributed by atoms with Gasteiger partial charge in [0, 0.05) is 11.6 Å². The second-order valence-electron chi connectivity index (χ2n) is 9.09. The molecule has 3 N–H and O–H groups in total. The smallest absolute Gasteiger partial charge is 0.123 e. The molecule has 164 valence electrons. The fourth-order valence-corrected chi connectivity index (χ4v) is 6.23. The van der Waals surface area contributed by atoms with E-state index >= 15 is 0 Å². The van der Waals surface area contributed by atoms with Crippen LogP contribution >= 0.6 is 11.3 Å². The predicted molar refractivity (Wildman–Crippen MR) is 130 cm³/mol. The van der Waals surface area contributed by atoms with Crippen LogP contribution in [0.2, 0.25) is 0 Å². The molecule has 3 atom stereocenters. The van der Waals surface area contributed by atoms with Crippen molar-refractivity contribution in [1.29, 1.82) is 0 Å². The van der Waals surface area contributed by atoms with Crippen LogP contribution in [0.15, 0.2) is 60.1 Å². The number of allylic oxidation sites excluding steroid dienone is 4. The third-order valence-corrected chi connectivity index (χ3v) is 8.06. The van der Waals surface area contributed by atoms with Crippen molar-refractivity contribution in [2.45, 2.75) is 49.6 Å². The van der Waals surface area contributed by atoms with Crippen LogP contribution in [0.4, 0.5) is 0 Å². The Morgan fingerprint density at radius 1 is 1.00 bits per heavy atom. The van der Waals surface area contributed by atoms with E-state index in [4.69, 9.17) is 9.97 Å². The third-order valence-electron chi connectivity index (χ3n) is 7.10. The number of hydrogen-bond acceptors (Lipinski definition) is 5. The van der Waals surface area contributed by atoms with Gasteiger partial charge in [-0.05, 0) is 56.3 Å². The summed E-state index contributed by atoms with van der Waals surface area (Å²) in [7, 11) is 0. The van der Waals surface area contributed by atoms with Crippen molar-refractivity contribution in [1.82, 2.24) is 25.6 Å². The minimum absolute atomic E-state index is 0.310. The van der Waals surface area contributed by atoms with Gasteiger partial charge in [0.25, 0.3) is 0 Å². The Morgan fingerprint density at radius 2 is 1.81 bits per heavy atom. The van der Waals surface area contributed by atoms with Gasteiger partial charge < -0.3 is 15.6 Å². The van der Waals surface area contributed by atoms with Crippen molar-refractivity contribution in [3.63, 3.8) is 0 Å². The first-order chi connectivity index (χ1) is 15.8. The van der Waals surface area contributed by atoms with Gasteiger partial charge in [0.15, 0.2) is 0 Å². The first-order valence-electron chi connectivity index (χ1n) is 11.7. The molecule has 6 heteroatoms. The van der Waals surface area contributed by atoms with Crippen molar-refractivity contribution >= 4 is 16.9 Å². The summed E-state index contributed by atoms with van der Waals surface area (Å²) in [6.07, 6.45) is 14.6. The Bertz CT molecular complexity index is 1080. The average Bonchev–Trinajstić information content (AvgIpc) is 3.66. The molecule has 3 aromatic rings. The van der Waals surface area contributed by atoms with Crippen molar-refractivity contribution in [3.05, 3.63) is 87.9 Å². The Hall–Kier alpha value is -2.54. The van der Waals surface area contributed by atoms with Gasteiger partial charge in [-0.15, -0.1) is 11.3 Å². The van der Waals surface area contributed by atoms with E-state index in [1.165, 1.54) is 35.4 Å². The van der Waals surface area contributed by atoms with Gasteiger partial charge in [-0.3, -0.25) is 0 Å². The first-order valence-corrected chi connectivity index (χ1v) is 12.6. The SMILES string of the molecule is C1=CC(c2csc([C@@H]3CCCN3)n2)(c2cnc([C@@H]3CCCN3)[nH]2)CC=C1c1ccccc1. The third kappa shape index (κ3) is 3.56. The highest BCUT2D eigenvalue weighted by Gasteiger charge is 2.38. The average molecular weight is 444 g/mol. The van der Waals surface area contributed by atoms with Crippen molar-refractivity contribution < 1.29 is 0 Å². The molecule has 0 bridgehead atoms. The number of rotatable bonds is 5. The van der Waals surface area contributed by atoms with E-state index < -0.39 is 0 Å². The largest absolute Gasteiger partial charge is 0.343 e. The molecule has 4 heterocycles. The van der Waals surface area contributed by atoms with Crippen LogP contribution in [0.3, 0.4) is 0 Å². The zero-order valence-electron chi connectivity index (χ0n) is 18.2. The molecule has 2 saturated heterocycles. The van der Waals surface area contributed by atoms with E-state index in [0.717, 1.165) is 43.1 Å². The minimum atomic E-state index is -0.310. The number of aromatic nitrogens is 3. The molecule has 6 rings (SSSR count). The Morgan fingerprint density at radius 3 is 2.53 bits per heavy atom. The number of nitrogens with zero attached hydrogens (tertiary/aromatic N) is 2.